The van der Waals surface area contributed by atoms with Crippen molar-refractivity contribution in [1.82, 2.24) is 9.21 Å². The van der Waals surface area contributed by atoms with Crippen LogP contribution in [0.15, 0.2) is 59.5 Å². The highest BCUT2D eigenvalue weighted by molar-refractivity contribution is 7.89. The van der Waals surface area contributed by atoms with Gasteiger partial charge in [-0.25, -0.2) is 8.42 Å². The third-order valence-electron chi connectivity index (χ3n) is 4.59. The van der Waals surface area contributed by atoms with Gasteiger partial charge in [-0.1, -0.05) is 48.0 Å². The van der Waals surface area contributed by atoms with Crippen LogP contribution in [0.25, 0.3) is 0 Å². The molecule has 1 fully saturated rings. The highest BCUT2D eigenvalue weighted by Gasteiger charge is 2.29. The van der Waals surface area contributed by atoms with E-state index in [4.69, 9.17) is 4.74 Å². The van der Waals surface area contributed by atoms with Gasteiger partial charge in [0.05, 0.1) is 11.5 Å². The van der Waals surface area contributed by atoms with Crippen molar-refractivity contribution in [3.63, 3.8) is 0 Å². The third kappa shape index (κ3) is 4.94. The lowest BCUT2D eigenvalue weighted by Crippen LogP contribution is -2.51. The van der Waals surface area contributed by atoms with Gasteiger partial charge in [0.15, 0.2) is 0 Å². The summed E-state index contributed by atoms with van der Waals surface area (Å²) in [5, 5.41) is 0. The lowest BCUT2D eigenvalue weighted by Gasteiger charge is -2.34. The van der Waals surface area contributed by atoms with Gasteiger partial charge < -0.3 is 9.64 Å². The number of carbonyl (C=O) groups is 1. The number of carbonyl (C=O) groups excluding carboxylic acids is 1. The van der Waals surface area contributed by atoms with Crippen molar-refractivity contribution < 1.29 is 17.9 Å². The number of benzene rings is 2. The Balaban J connectivity index is 1.49. The van der Waals surface area contributed by atoms with E-state index in [1.165, 1.54) is 4.31 Å². The Morgan fingerprint density at radius 1 is 0.963 bits per heavy atom. The van der Waals surface area contributed by atoms with Crippen molar-refractivity contribution in [2.45, 2.75) is 18.4 Å². The Morgan fingerprint density at radius 2 is 1.59 bits per heavy atom. The number of sulfonamides is 1. The quantitative estimate of drug-likeness (QED) is 0.760. The van der Waals surface area contributed by atoms with Crippen LogP contribution in [0.2, 0.25) is 0 Å². The number of ether oxygens (including phenoxy) is 1. The molecule has 1 saturated heterocycles. The fourth-order valence-electron chi connectivity index (χ4n) is 2.96. The lowest BCUT2D eigenvalue weighted by atomic mass is 10.2. The van der Waals surface area contributed by atoms with Gasteiger partial charge in [-0.05, 0) is 24.6 Å². The molecule has 0 unspecified atom stereocenters. The molecule has 0 aliphatic carbocycles. The van der Waals surface area contributed by atoms with Gasteiger partial charge in [0.1, 0.15) is 6.61 Å². The van der Waals surface area contributed by atoms with Gasteiger partial charge >= 0.3 is 0 Å². The van der Waals surface area contributed by atoms with Crippen LogP contribution in [0, 0.1) is 6.92 Å². The van der Waals surface area contributed by atoms with Crippen molar-refractivity contribution in [1.29, 1.82) is 0 Å². The van der Waals surface area contributed by atoms with E-state index in [0.717, 1.165) is 11.1 Å². The molecule has 1 amide bonds. The van der Waals surface area contributed by atoms with Gasteiger partial charge in [-0.3, -0.25) is 4.79 Å². The maximum atomic E-state index is 12.7. The van der Waals surface area contributed by atoms with Crippen LogP contribution in [-0.4, -0.2) is 56.3 Å². The molecule has 2 aromatic rings. The number of nitrogens with zero attached hydrogens (tertiary/aromatic N) is 2. The molecule has 2 aromatic carbocycles. The summed E-state index contributed by atoms with van der Waals surface area (Å²) in [7, 11) is -3.52. The predicted octanol–water partition coefficient (Wildman–Crippen LogP) is 2.04. The first-order chi connectivity index (χ1) is 13.0. The molecule has 0 N–H and O–H groups in total. The Bertz CT molecular complexity index is 859. The number of amides is 1. The predicted molar refractivity (Wildman–Crippen MR) is 103 cm³/mol. The summed E-state index contributed by atoms with van der Waals surface area (Å²) in [4.78, 5) is 14.2. The second kappa shape index (κ2) is 8.65. The summed E-state index contributed by atoms with van der Waals surface area (Å²) in [6.07, 6.45) is 0. The third-order valence-corrected chi connectivity index (χ3v) is 6.50. The van der Waals surface area contributed by atoms with Gasteiger partial charge in [0.2, 0.25) is 15.9 Å². The highest BCUT2D eigenvalue weighted by Crippen LogP contribution is 2.18. The average Bonchev–Trinajstić information content (AvgIpc) is 2.69. The fourth-order valence-corrected chi connectivity index (χ4v) is 4.38. The maximum absolute atomic E-state index is 12.7. The number of piperazine rings is 1. The molecule has 0 atom stereocenters. The highest BCUT2D eigenvalue weighted by atomic mass is 32.2. The molecule has 6 nitrogen and oxygen atoms in total. The van der Waals surface area contributed by atoms with Crippen molar-refractivity contribution >= 4 is 15.9 Å². The van der Waals surface area contributed by atoms with Crippen molar-refractivity contribution in [2.24, 2.45) is 0 Å². The maximum Gasteiger partial charge on any atom is 0.248 e. The first-order valence-electron chi connectivity index (χ1n) is 8.93. The molecular formula is C20H24N2O4S. The van der Waals surface area contributed by atoms with Crippen LogP contribution in [-0.2, 0) is 26.2 Å². The fraction of sp³-hybridized carbons (Fsp3) is 0.350. The summed E-state index contributed by atoms with van der Waals surface area (Å²) in [5.74, 6) is -0.113. The molecule has 27 heavy (non-hydrogen) atoms. The second-order valence-corrected chi connectivity index (χ2v) is 8.51. The van der Waals surface area contributed by atoms with E-state index in [2.05, 4.69) is 0 Å². The van der Waals surface area contributed by atoms with Crippen LogP contribution in [0.1, 0.15) is 11.1 Å². The minimum absolute atomic E-state index is 0.000390. The lowest BCUT2D eigenvalue weighted by molar-refractivity contribution is -0.137. The smallest absolute Gasteiger partial charge is 0.248 e. The zero-order chi connectivity index (χ0) is 19.3. The van der Waals surface area contributed by atoms with Gasteiger partial charge in [-0.15, -0.1) is 0 Å². The monoisotopic (exact) mass is 388 g/mol. The summed E-state index contributed by atoms with van der Waals surface area (Å²) >= 11 is 0. The van der Waals surface area contributed by atoms with Crippen LogP contribution in [0.4, 0.5) is 0 Å². The van der Waals surface area contributed by atoms with Crippen molar-refractivity contribution in [3.8, 4) is 0 Å². The summed E-state index contributed by atoms with van der Waals surface area (Å²) < 4.78 is 32.3. The Kier molecular flexibility index (Phi) is 6.26. The number of hydrogen-bond donors (Lipinski definition) is 0. The molecular weight excluding hydrogens is 364 g/mol. The van der Waals surface area contributed by atoms with Crippen LogP contribution >= 0.6 is 0 Å². The molecule has 0 radical (unpaired) electrons. The number of hydrogen-bond acceptors (Lipinski definition) is 4. The molecule has 1 aliphatic rings. The Morgan fingerprint density at radius 3 is 2.22 bits per heavy atom. The Labute approximate surface area is 160 Å². The normalized spacial score (nSPS) is 15.7. The van der Waals surface area contributed by atoms with E-state index >= 15 is 0 Å². The van der Waals surface area contributed by atoms with Gasteiger partial charge in [0, 0.05) is 26.2 Å². The second-order valence-electron chi connectivity index (χ2n) is 6.58. The van der Waals surface area contributed by atoms with Gasteiger partial charge in [-0.2, -0.15) is 4.31 Å². The van der Waals surface area contributed by atoms with E-state index in [1.54, 1.807) is 29.2 Å². The van der Waals surface area contributed by atoms with Crippen LogP contribution < -0.4 is 0 Å². The minimum atomic E-state index is -3.52. The zero-order valence-electron chi connectivity index (χ0n) is 15.4. The van der Waals surface area contributed by atoms with Crippen LogP contribution in [0.5, 0.6) is 0 Å². The first kappa shape index (κ1) is 19.5. The van der Waals surface area contributed by atoms with Gasteiger partial charge in [0.25, 0.3) is 0 Å². The molecule has 1 heterocycles. The van der Waals surface area contributed by atoms with E-state index < -0.39 is 10.0 Å². The average molecular weight is 388 g/mol. The molecule has 144 valence electrons. The minimum Gasteiger partial charge on any atom is -0.367 e. The van der Waals surface area contributed by atoms with E-state index in [-0.39, 0.29) is 12.5 Å². The first-order valence-corrected chi connectivity index (χ1v) is 10.4. The number of rotatable bonds is 6. The standard InChI is InChI=1S/C20H24N2O4S/c1-17-7-9-19(10-8-17)27(24,25)22-13-11-21(12-14-22)20(23)16-26-15-18-5-3-2-4-6-18/h2-10H,11-16H2,1H3. The van der Waals surface area contributed by atoms with E-state index in [0.29, 0.717) is 37.7 Å². The van der Waals surface area contributed by atoms with Crippen molar-refractivity contribution in [2.75, 3.05) is 32.8 Å². The molecule has 0 spiro atoms. The summed E-state index contributed by atoms with van der Waals surface area (Å²) in [5.41, 5.74) is 2.03. The molecule has 0 aromatic heterocycles. The largest absolute Gasteiger partial charge is 0.367 e. The molecule has 0 bridgehead atoms. The SMILES string of the molecule is Cc1ccc(S(=O)(=O)N2CCN(C(=O)COCc3ccccc3)CC2)cc1. The van der Waals surface area contributed by atoms with Crippen LogP contribution in [0.3, 0.4) is 0 Å². The zero-order valence-corrected chi connectivity index (χ0v) is 16.2. The molecule has 7 heteroatoms. The Hall–Kier alpha value is -2.22. The van der Waals surface area contributed by atoms with E-state index in [1.807, 2.05) is 37.3 Å². The molecule has 1 aliphatic heterocycles. The van der Waals surface area contributed by atoms with E-state index in [9.17, 15) is 13.2 Å². The van der Waals surface area contributed by atoms with Crippen molar-refractivity contribution in [3.05, 3.63) is 65.7 Å². The molecule has 3 rings (SSSR count). The topological polar surface area (TPSA) is 66.9 Å². The molecule has 0 saturated carbocycles. The number of aryl methyl sites for hydroxylation is 1. The summed E-state index contributed by atoms with van der Waals surface area (Å²) in [6, 6.07) is 16.5. The summed E-state index contributed by atoms with van der Waals surface area (Å²) in [6.45, 7) is 3.63.